The van der Waals surface area contributed by atoms with Crippen LogP contribution in [-0.4, -0.2) is 55.0 Å². The van der Waals surface area contributed by atoms with Crippen LogP contribution in [0.15, 0.2) is 0 Å². The smallest absolute Gasteiger partial charge is 0.317 e. The molecule has 2 aliphatic rings. The van der Waals surface area contributed by atoms with E-state index in [4.69, 9.17) is 4.74 Å². The fraction of sp³-hybridized carbons (Fsp3) is 0.929. The molecule has 2 saturated heterocycles. The van der Waals surface area contributed by atoms with E-state index in [2.05, 4.69) is 12.2 Å². The van der Waals surface area contributed by atoms with E-state index in [0.717, 1.165) is 45.4 Å². The number of rotatable bonds is 3. The van der Waals surface area contributed by atoms with E-state index in [1.165, 1.54) is 0 Å². The summed E-state index contributed by atoms with van der Waals surface area (Å²) in [5.41, 5.74) is 0. The molecule has 0 saturated carbocycles. The van der Waals surface area contributed by atoms with Gasteiger partial charge in [0.25, 0.3) is 0 Å². The van der Waals surface area contributed by atoms with Crippen molar-refractivity contribution in [2.24, 2.45) is 11.8 Å². The van der Waals surface area contributed by atoms with Crippen LogP contribution < -0.4 is 5.32 Å². The number of nitrogens with one attached hydrogen (secondary N) is 1. The molecule has 2 atom stereocenters. The summed E-state index contributed by atoms with van der Waals surface area (Å²) in [6, 6.07) is 0.225. The zero-order valence-electron chi connectivity index (χ0n) is 11.8. The second-order valence-electron chi connectivity index (χ2n) is 5.82. The molecule has 2 unspecified atom stereocenters. The molecular formula is C14H26N2O3. The molecule has 0 bridgehead atoms. The number of aliphatic hydroxyl groups excluding tert-OH is 1. The number of aliphatic hydroxyl groups is 1. The van der Waals surface area contributed by atoms with Gasteiger partial charge in [-0.3, -0.25) is 0 Å². The van der Waals surface area contributed by atoms with Crippen LogP contribution in [0.4, 0.5) is 4.79 Å². The van der Waals surface area contributed by atoms with Gasteiger partial charge >= 0.3 is 6.03 Å². The fourth-order valence-electron chi connectivity index (χ4n) is 3.02. The number of piperidine rings is 1. The maximum atomic E-state index is 12.2. The minimum Gasteiger partial charge on any atom is -0.396 e. The van der Waals surface area contributed by atoms with Crippen LogP contribution in [0, 0.1) is 11.8 Å². The van der Waals surface area contributed by atoms with Crippen molar-refractivity contribution in [3.05, 3.63) is 0 Å². The quantitative estimate of drug-likeness (QED) is 0.810. The van der Waals surface area contributed by atoms with Gasteiger partial charge in [-0.15, -0.1) is 0 Å². The zero-order chi connectivity index (χ0) is 13.7. The molecule has 5 nitrogen and oxygen atoms in total. The van der Waals surface area contributed by atoms with E-state index in [0.29, 0.717) is 12.5 Å². The number of likely N-dealkylation sites (tertiary alicyclic amines) is 1. The molecule has 0 aliphatic carbocycles. The minimum absolute atomic E-state index is 0.0251. The highest BCUT2D eigenvalue weighted by Crippen LogP contribution is 2.20. The Morgan fingerprint density at radius 3 is 2.84 bits per heavy atom. The Kier molecular flexibility index (Phi) is 5.45. The van der Waals surface area contributed by atoms with Crippen molar-refractivity contribution in [2.45, 2.75) is 38.6 Å². The number of amides is 2. The van der Waals surface area contributed by atoms with E-state index in [9.17, 15) is 9.90 Å². The van der Waals surface area contributed by atoms with Crippen molar-refractivity contribution in [3.8, 4) is 0 Å². The van der Waals surface area contributed by atoms with E-state index >= 15 is 0 Å². The molecule has 2 aliphatic heterocycles. The van der Waals surface area contributed by atoms with Crippen molar-refractivity contribution in [1.82, 2.24) is 10.2 Å². The van der Waals surface area contributed by atoms with Gasteiger partial charge in [0.1, 0.15) is 0 Å². The lowest BCUT2D eigenvalue weighted by atomic mass is 9.93. The Morgan fingerprint density at radius 1 is 1.42 bits per heavy atom. The first-order chi connectivity index (χ1) is 9.20. The van der Waals surface area contributed by atoms with Gasteiger partial charge in [-0.05, 0) is 44.4 Å². The summed E-state index contributed by atoms with van der Waals surface area (Å²) in [7, 11) is 0. The highest BCUT2D eigenvalue weighted by Gasteiger charge is 2.26. The molecule has 2 heterocycles. The number of nitrogens with zero attached hydrogens (tertiary/aromatic N) is 1. The number of urea groups is 1. The number of ether oxygens (including phenoxy) is 1. The Balaban J connectivity index is 1.79. The molecule has 19 heavy (non-hydrogen) atoms. The maximum Gasteiger partial charge on any atom is 0.317 e. The molecule has 2 rings (SSSR count). The Morgan fingerprint density at radius 2 is 2.16 bits per heavy atom. The highest BCUT2D eigenvalue weighted by atomic mass is 16.5. The van der Waals surface area contributed by atoms with Gasteiger partial charge in [-0.25, -0.2) is 4.79 Å². The van der Waals surface area contributed by atoms with Crippen LogP contribution in [0.5, 0.6) is 0 Å². The maximum absolute atomic E-state index is 12.2. The van der Waals surface area contributed by atoms with E-state index in [1.54, 1.807) is 0 Å². The predicted molar refractivity (Wildman–Crippen MR) is 72.9 cm³/mol. The van der Waals surface area contributed by atoms with Gasteiger partial charge in [0, 0.05) is 39.0 Å². The lowest BCUT2D eigenvalue weighted by Crippen LogP contribution is -2.50. The summed E-state index contributed by atoms with van der Waals surface area (Å²) < 4.78 is 5.35. The summed E-state index contributed by atoms with van der Waals surface area (Å²) in [5.74, 6) is 0.772. The van der Waals surface area contributed by atoms with Gasteiger partial charge in [-0.2, -0.15) is 0 Å². The Bertz CT molecular complexity index is 292. The first-order valence-corrected chi connectivity index (χ1v) is 7.44. The van der Waals surface area contributed by atoms with Crippen LogP contribution in [0.1, 0.15) is 32.6 Å². The molecule has 0 radical (unpaired) electrons. The molecular weight excluding hydrogens is 244 g/mol. The SMILES string of the molecule is CC(NC(=O)N1CCCC(CO)C1)C1CCOCC1. The topological polar surface area (TPSA) is 61.8 Å². The largest absolute Gasteiger partial charge is 0.396 e. The summed E-state index contributed by atoms with van der Waals surface area (Å²) >= 11 is 0. The third kappa shape index (κ3) is 4.08. The normalized spacial score (nSPS) is 27.1. The highest BCUT2D eigenvalue weighted by molar-refractivity contribution is 5.74. The number of hydrogen-bond acceptors (Lipinski definition) is 3. The third-order valence-electron chi connectivity index (χ3n) is 4.39. The minimum atomic E-state index is 0.0251. The van der Waals surface area contributed by atoms with Crippen LogP contribution in [0.25, 0.3) is 0 Å². The van der Waals surface area contributed by atoms with Gasteiger partial charge in [0.2, 0.25) is 0 Å². The van der Waals surface area contributed by atoms with Crippen molar-refractivity contribution >= 4 is 6.03 Å². The van der Waals surface area contributed by atoms with Crippen LogP contribution in [-0.2, 0) is 4.74 Å². The standard InChI is InChI=1S/C14H26N2O3/c1-11(13-4-7-19-8-5-13)15-14(18)16-6-2-3-12(9-16)10-17/h11-13,17H,2-10H2,1H3,(H,15,18). The summed E-state index contributed by atoms with van der Waals surface area (Å²) in [4.78, 5) is 14.1. The summed E-state index contributed by atoms with van der Waals surface area (Å²) in [5, 5.41) is 12.3. The van der Waals surface area contributed by atoms with E-state index in [1.807, 2.05) is 4.90 Å². The molecule has 0 aromatic heterocycles. The summed E-state index contributed by atoms with van der Waals surface area (Å²) in [6.45, 7) is 5.37. The molecule has 0 spiro atoms. The second-order valence-corrected chi connectivity index (χ2v) is 5.82. The third-order valence-corrected chi connectivity index (χ3v) is 4.39. The Hall–Kier alpha value is -0.810. The fourth-order valence-corrected chi connectivity index (χ4v) is 3.02. The van der Waals surface area contributed by atoms with Gasteiger partial charge < -0.3 is 20.1 Å². The first kappa shape index (κ1) is 14.6. The number of carbonyl (C=O) groups is 1. The van der Waals surface area contributed by atoms with Crippen molar-refractivity contribution in [1.29, 1.82) is 0 Å². The molecule has 2 amide bonds. The van der Waals surface area contributed by atoms with Crippen LogP contribution in [0.2, 0.25) is 0 Å². The van der Waals surface area contributed by atoms with Crippen LogP contribution in [0.3, 0.4) is 0 Å². The second kappa shape index (κ2) is 7.10. The van der Waals surface area contributed by atoms with Crippen molar-refractivity contribution in [2.75, 3.05) is 32.9 Å². The number of carbonyl (C=O) groups excluding carboxylic acids is 1. The first-order valence-electron chi connectivity index (χ1n) is 7.44. The molecule has 110 valence electrons. The average Bonchev–Trinajstić information content (AvgIpc) is 2.48. The lowest BCUT2D eigenvalue weighted by Gasteiger charge is -2.34. The van der Waals surface area contributed by atoms with E-state index in [-0.39, 0.29) is 24.6 Å². The molecule has 2 N–H and O–H groups in total. The molecule has 0 aromatic carbocycles. The number of hydrogen-bond donors (Lipinski definition) is 2. The van der Waals surface area contributed by atoms with Gasteiger partial charge in [-0.1, -0.05) is 0 Å². The van der Waals surface area contributed by atoms with Crippen molar-refractivity contribution in [3.63, 3.8) is 0 Å². The van der Waals surface area contributed by atoms with Crippen LogP contribution >= 0.6 is 0 Å². The van der Waals surface area contributed by atoms with E-state index < -0.39 is 0 Å². The molecule has 2 fully saturated rings. The zero-order valence-corrected chi connectivity index (χ0v) is 11.8. The monoisotopic (exact) mass is 270 g/mol. The lowest BCUT2D eigenvalue weighted by molar-refractivity contribution is 0.0554. The molecule has 5 heteroatoms. The van der Waals surface area contributed by atoms with Crippen molar-refractivity contribution < 1.29 is 14.6 Å². The predicted octanol–water partition coefficient (Wildman–Crippen LogP) is 1.22. The molecule has 0 aromatic rings. The average molecular weight is 270 g/mol. The Labute approximate surface area is 115 Å². The van der Waals surface area contributed by atoms with Gasteiger partial charge in [0.15, 0.2) is 0 Å². The summed E-state index contributed by atoms with van der Waals surface area (Å²) in [6.07, 6.45) is 4.07. The van der Waals surface area contributed by atoms with Gasteiger partial charge in [0.05, 0.1) is 0 Å².